The van der Waals surface area contributed by atoms with Crippen molar-refractivity contribution in [2.24, 2.45) is 0 Å². The Morgan fingerprint density at radius 2 is 1.96 bits per heavy atom. The second-order valence-corrected chi connectivity index (χ2v) is 6.04. The summed E-state index contributed by atoms with van der Waals surface area (Å²) < 4.78 is 10.7. The minimum absolute atomic E-state index is 0.00261. The van der Waals surface area contributed by atoms with E-state index >= 15 is 0 Å². The molecule has 2 aromatic carbocycles. The van der Waals surface area contributed by atoms with Gasteiger partial charge in [-0.3, -0.25) is 4.79 Å². The Kier molecular flexibility index (Phi) is 5.41. The molecule has 0 unspecified atom stereocenters. The molecule has 6 nitrogen and oxygen atoms in total. The van der Waals surface area contributed by atoms with Gasteiger partial charge >= 0.3 is 5.97 Å². The van der Waals surface area contributed by atoms with Crippen LogP contribution in [0.2, 0.25) is 0 Å². The first-order chi connectivity index (χ1) is 12.6. The first-order valence-electron chi connectivity index (χ1n) is 8.58. The Labute approximate surface area is 151 Å². The number of carbonyl (C=O) groups is 2. The van der Waals surface area contributed by atoms with E-state index in [1.807, 2.05) is 25.1 Å². The van der Waals surface area contributed by atoms with E-state index in [9.17, 15) is 9.59 Å². The van der Waals surface area contributed by atoms with Gasteiger partial charge in [-0.1, -0.05) is 24.3 Å². The Bertz CT molecular complexity index is 818. The van der Waals surface area contributed by atoms with Gasteiger partial charge in [-0.15, -0.1) is 0 Å². The number of ether oxygens (including phenoxy) is 2. The summed E-state index contributed by atoms with van der Waals surface area (Å²) in [7, 11) is 0. The summed E-state index contributed by atoms with van der Waals surface area (Å²) in [5.74, 6) is -0.614. The van der Waals surface area contributed by atoms with Gasteiger partial charge in [0.05, 0.1) is 12.6 Å². The highest BCUT2D eigenvalue weighted by Crippen LogP contribution is 2.32. The number of amides is 1. The second kappa shape index (κ2) is 7.91. The van der Waals surface area contributed by atoms with Crippen molar-refractivity contribution in [3.05, 3.63) is 59.2 Å². The quantitative estimate of drug-likeness (QED) is 0.798. The summed E-state index contributed by atoms with van der Waals surface area (Å²) in [5.41, 5.74) is 2.87. The Morgan fingerprint density at radius 1 is 1.15 bits per heavy atom. The predicted molar refractivity (Wildman–Crippen MR) is 95.7 cm³/mol. The van der Waals surface area contributed by atoms with Gasteiger partial charge in [-0.05, 0) is 49.1 Å². The van der Waals surface area contributed by atoms with Gasteiger partial charge in [0.15, 0.2) is 18.1 Å². The minimum Gasteiger partial charge on any atom is -0.490 e. The van der Waals surface area contributed by atoms with Gasteiger partial charge in [-0.25, -0.2) is 4.79 Å². The van der Waals surface area contributed by atoms with E-state index in [0.717, 1.165) is 18.4 Å². The molecule has 2 aromatic rings. The molecule has 0 saturated heterocycles. The summed E-state index contributed by atoms with van der Waals surface area (Å²) in [6.45, 7) is 1.72. The molecule has 1 aliphatic carbocycles. The Balaban J connectivity index is 1.75. The highest BCUT2D eigenvalue weighted by Gasteiger charge is 2.24. The number of rotatable bonds is 7. The number of fused-ring (bicyclic) bond motifs is 1. The van der Waals surface area contributed by atoms with Crippen LogP contribution in [-0.2, 0) is 11.2 Å². The maximum absolute atomic E-state index is 12.6. The average molecular weight is 355 g/mol. The third-order valence-electron chi connectivity index (χ3n) is 4.30. The molecule has 0 aromatic heterocycles. The molecule has 2 N–H and O–H groups in total. The van der Waals surface area contributed by atoms with Crippen LogP contribution in [0.5, 0.6) is 11.5 Å². The fourth-order valence-corrected chi connectivity index (χ4v) is 3.12. The molecular formula is C20H21NO5. The van der Waals surface area contributed by atoms with Crippen molar-refractivity contribution in [2.75, 3.05) is 13.2 Å². The van der Waals surface area contributed by atoms with Crippen molar-refractivity contribution in [1.82, 2.24) is 5.32 Å². The number of benzene rings is 2. The zero-order valence-electron chi connectivity index (χ0n) is 14.5. The van der Waals surface area contributed by atoms with E-state index in [2.05, 4.69) is 11.4 Å². The van der Waals surface area contributed by atoms with Gasteiger partial charge in [-0.2, -0.15) is 0 Å². The van der Waals surface area contributed by atoms with Crippen LogP contribution in [0.4, 0.5) is 0 Å². The standard InChI is InChI=1S/C20H21NO5/c1-2-25-18-11-14(8-10-17(18)26-12-19(22)23)20(24)21-16-9-7-13-5-3-4-6-15(13)16/h3-6,8,10-11,16H,2,7,9,12H2,1H3,(H,21,24)(H,22,23)/t16-/m0/s1. The van der Waals surface area contributed by atoms with E-state index in [1.165, 1.54) is 5.56 Å². The van der Waals surface area contributed by atoms with E-state index in [-0.39, 0.29) is 11.9 Å². The van der Waals surface area contributed by atoms with Crippen LogP contribution in [0.3, 0.4) is 0 Å². The number of carboxylic acid groups (broad SMARTS) is 1. The molecular weight excluding hydrogens is 334 g/mol. The molecule has 136 valence electrons. The summed E-state index contributed by atoms with van der Waals surface area (Å²) in [4.78, 5) is 23.3. The molecule has 6 heteroatoms. The topological polar surface area (TPSA) is 84.9 Å². The molecule has 0 heterocycles. The van der Waals surface area contributed by atoms with Gasteiger partial charge in [0.1, 0.15) is 0 Å². The van der Waals surface area contributed by atoms with E-state index < -0.39 is 12.6 Å². The average Bonchev–Trinajstić information content (AvgIpc) is 3.04. The Hall–Kier alpha value is -3.02. The third-order valence-corrected chi connectivity index (χ3v) is 4.30. The highest BCUT2D eigenvalue weighted by atomic mass is 16.5. The second-order valence-electron chi connectivity index (χ2n) is 6.04. The number of aliphatic carboxylic acids is 1. The lowest BCUT2D eigenvalue weighted by molar-refractivity contribution is -0.139. The number of carboxylic acids is 1. The van der Waals surface area contributed by atoms with Gasteiger partial charge < -0.3 is 19.9 Å². The molecule has 1 amide bonds. The molecule has 0 saturated carbocycles. The van der Waals surface area contributed by atoms with Crippen molar-refractivity contribution in [1.29, 1.82) is 0 Å². The van der Waals surface area contributed by atoms with Crippen molar-refractivity contribution < 1.29 is 24.2 Å². The SMILES string of the molecule is CCOc1cc(C(=O)N[C@H]2CCc3ccccc32)ccc1OCC(=O)O. The van der Waals surface area contributed by atoms with Gasteiger partial charge in [0.25, 0.3) is 5.91 Å². The number of hydrogen-bond donors (Lipinski definition) is 2. The molecule has 3 rings (SSSR count). The van der Waals surface area contributed by atoms with Crippen LogP contribution in [-0.4, -0.2) is 30.2 Å². The fourth-order valence-electron chi connectivity index (χ4n) is 3.12. The maximum Gasteiger partial charge on any atom is 0.341 e. The van der Waals surface area contributed by atoms with Crippen LogP contribution in [0, 0.1) is 0 Å². The summed E-state index contributed by atoms with van der Waals surface area (Å²) in [6, 6.07) is 12.9. The van der Waals surface area contributed by atoms with Crippen LogP contribution in [0.15, 0.2) is 42.5 Å². The van der Waals surface area contributed by atoms with Gasteiger partial charge in [0.2, 0.25) is 0 Å². The van der Waals surface area contributed by atoms with Crippen molar-refractivity contribution in [3.63, 3.8) is 0 Å². The maximum atomic E-state index is 12.6. The van der Waals surface area contributed by atoms with Crippen molar-refractivity contribution in [2.45, 2.75) is 25.8 Å². The van der Waals surface area contributed by atoms with E-state index in [0.29, 0.717) is 23.7 Å². The fraction of sp³-hybridized carbons (Fsp3) is 0.300. The monoisotopic (exact) mass is 355 g/mol. The molecule has 0 aliphatic heterocycles. The lowest BCUT2D eigenvalue weighted by Gasteiger charge is -2.16. The third kappa shape index (κ3) is 3.96. The lowest BCUT2D eigenvalue weighted by Crippen LogP contribution is -2.27. The molecule has 0 radical (unpaired) electrons. The van der Waals surface area contributed by atoms with Crippen LogP contribution >= 0.6 is 0 Å². The zero-order valence-corrected chi connectivity index (χ0v) is 14.5. The number of hydrogen-bond acceptors (Lipinski definition) is 4. The smallest absolute Gasteiger partial charge is 0.341 e. The van der Waals surface area contributed by atoms with E-state index in [1.54, 1.807) is 18.2 Å². The molecule has 1 aliphatic rings. The minimum atomic E-state index is -1.07. The molecule has 1 atom stereocenters. The normalized spacial score (nSPS) is 15.2. The molecule has 0 fully saturated rings. The summed E-state index contributed by atoms with van der Waals surface area (Å²) in [5, 5.41) is 11.8. The Morgan fingerprint density at radius 3 is 2.73 bits per heavy atom. The molecule has 0 bridgehead atoms. The summed E-state index contributed by atoms with van der Waals surface area (Å²) >= 11 is 0. The van der Waals surface area contributed by atoms with Gasteiger partial charge in [0, 0.05) is 5.56 Å². The number of nitrogens with one attached hydrogen (secondary N) is 1. The highest BCUT2D eigenvalue weighted by molar-refractivity contribution is 5.95. The largest absolute Gasteiger partial charge is 0.490 e. The first-order valence-corrected chi connectivity index (χ1v) is 8.58. The zero-order chi connectivity index (χ0) is 18.5. The first kappa shape index (κ1) is 17.8. The lowest BCUT2D eigenvalue weighted by atomic mass is 10.1. The van der Waals surface area contributed by atoms with Crippen molar-refractivity contribution in [3.8, 4) is 11.5 Å². The van der Waals surface area contributed by atoms with Crippen molar-refractivity contribution >= 4 is 11.9 Å². The predicted octanol–water partition coefficient (Wildman–Crippen LogP) is 2.97. The molecule has 0 spiro atoms. The van der Waals surface area contributed by atoms with E-state index in [4.69, 9.17) is 14.6 Å². The number of aryl methyl sites for hydroxylation is 1. The molecule has 26 heavy (non-hydrogen) atoms. The van der Waals surface area contributed by atoms with Crippen LogP contribution in [0.1, 0.15) is 40.9 Å². The van der Waals surface area contributed by atoms with Crippen LogP contribution in [0.25, 0.3) is 0 Å². The number of carbonyl (C=O) groups excluding carboxylic acids is 1. The van der Waals surface area contributed by atoms with Crippen LogP contribution < -0.4 is 14.8 Å². The summed E-state index contributed by atoms with van der Waals surface area (Å²) in [6.07, 6.45) is 1.83.